The summed E-state index contributed by atoms with van der Waals surface area (Å²) in [5.74, 6) is 1.54. The fourth-order valence-electron chi connectivity index (χ4n) is 1.88. The van der Waals surface area contributed by atoms with Crippen LogP contribution in [0.15, 0.2) is 53.0 Å². The minimum absolute atomic E-state index is 0.127. The lowest BCUT2D eigenvalue weighted by atomic mass is 10.2. The fraction of sp³-hybridized carbons (Fsp3) is 0.235. The van der Waals surface area contributed by atoms with Crippen LogP contribution in [-0.4, -0.2) is 17.4 Å². The molecule has 122 valence electrons. The standard InChI is InChI=1S/C17H18BrFN2S2/c18-14-6-8-15(9-7-14)21-17(22)20-10-3-11-23-12-13-4-1-2-5-16(13)19/h1-2,4-9H,3,10-12H2,(H2,20,21,22). The van der Waals surface area contributed by atoms with Crippen molar-refractivity contribution in [3.8, 4) is 0 Å². The molecule has 0 aliphatic carbocycles. The largest absolute Gasteiger partial charge is 0.362 e. The summed E-state index contributed by atoms with van der Waals surface area (Å²) in [5.41, 5.74) is 1.72. The highest BCUT2D eigenvalue weighted by Gasteiger charge is 2.01. The zero-order valence-electron chi connectivity index (χ0n) is 12.5. The van der Waals surface area contributed by atoms with E-state index in [9.17, 15) is 4.39 Å². The highest BCUT2D eigenvalue weighted by molar-refractivity contribution is 9.10. The van der Waals surface area contributed by atoms with E-state index >= 15 is 0 Å². The lowest BCUT2D eigenvalue weighted by molar-refractivity contribution is 0.617. The van der Waals surface area contributed by atoms with Crippen LogP contribution in [0.2, 0.25) is 0 Å². The second kappa shape index (κ2) is 9.90. The number of hydrogen-bond donors (Lipinski definition) is 2. The van der Waals surface area contributed by atoms with E-state index in [2.05, 4.69) is 26.6 Å². The Morgan fingerprint density at radius 1 is 1.13 bits per heavy atom. The van der Waals surface area contributed by atoms with E-state index in [0.717, 1.165) is 34.4 Å². The second-order valence-corrected chi connectivity index (χ2v) is 7.31. The van der Waals surface area contributed by atoms with E-state index in [4.69, 9.17) is 12.2 Å². The van der Waals surface area contributed by atoms with Gasteiger partial charge in [-0.2, -0.15) is 11.8 Å². The maximum absolute atomic E-state index is 13.4. The molecule has 6 heteroatoms. The Kier molecular flexibility index (Phi) is 7.85. The molecule has 0 aliphatic heterocycles. The van der Waals surface area contributed by atoms with Gasteiger partial charge in [-0.3, -0.25) is 0 Å². The first kappa shape index (κ1) is 18.2. The van der Waals surface area contributed by atoms with Gasteiger partial charge in [0.05, 0.1) is 0 Å². The van der Waals surface area contributed by atoms with Gasteiger partial charge in [0.25, 0.3) is 0 Å². The molecule has 0 unspecified atom stereocenters. The van der Waals surface area contributed by atoms with Gasteiger partial charge in [0, 0.05) is 22.5 Å². The number of benzene rings is 2. The van der Waals surface area contributed by atoms with Gasteiger partial charge in [-0.25, -0.2) is 4.39 Å². The molecule has 0 aromatic heterocycles. The number of thiocarbonyl (C=S) groups is 1. The van der Waals surface area contributed by atoms with Crippen LogP contribution >= 0.6 is 39.9 Å². The van der Waals surface area contributed by atoms with Crippen molar-refractivity contribution in [3.63, 3.8) is 0 Å². The predicted molar refractivity (Wildman–Crippen MR) is 106 cm³/mol. The third-order valence-electron chi connectivity index (χ3n) is 3.07. The molecule has 0 amide bonds. The summed E-state index contributed by atoms with van der Waals surface area (Å²) < 4.78 is 14.5. The molecule has 0 saturated heterocycles. The number of hydrogen-bond acceptors (Lipinski definition) is 2. The predicted octanol–water partition coefficient (Wildman–Crippen LogP) is 5.20. The summed E-state index contributed by atoms with van der Waals surface area (Å²) in [7, 11) is 0. The van der Waals surface area contributed by atoms with Gasteiger partial charge in [0.2, 0.25) is 0 Å². The SMILES string of the molecule is Fc1ccccc1CSCCCNC(=S)Nc1ccc(Br)cc1. The molecule has 0 aliphatic rings. The van der Waals surface area contributed by atoms with Gasteiger partial charge in [-0.1, -0.05) is 34.1 Å². The second-order valence-electron chi connectivity index (χ2n) is 4.89. The minimum atomic E-state index is -0.127. The smallest absolute Gasteiger partial charge is 0.170 e. The van der Waals surface area contributed by atoms with Gasteiger partial charge in [-0.15, -0.1) is 0 Å². The number of nitrogens with one attached hydrogen (secondary N) is 2. The molecule has 0 fully saturated rings. The lowest BCUT2D eigenvalue weighted by Gasteiger charge is -2.10. The number of halogens is 2. The highest BCUT2D eigenvalue weighted by atomic mass is 79.9. The first-order valence-corrected chi connectivity index (χ1v) is 9.62. The van der Waals surface area contributed by atoms with Crippen molar-refractivity contribution < 1.29 is 4.39 Å². The van der Waals surface area contributed by atoms with E-state index in [1.54, 1.807) is 17.8 Å². The monoisotopic (exact) mass is 412 g/mol. The molecule has 0 bridgehead atoms. The van der Waals surface area contributed by atoms with Crippen LogP contribution in [0.1, 0.15) is 12.0 Å². The Morgan fingerprint density at radius 3 is 2.61 bits per heavy atom. The molecule has 0 radical (unpaired) electrons. The average molecular weight is 413 g/mol. The normalized spacial score (nSPS) is 10.3. The van der Waals surface area contributed by atoms with Crippen LogP contribution in [0.4, 0.5) is 10.1 Å². The van der Waals surface area contributed by atoms with E-state index < -0.39 is 0 Å². The molecule has 0 saturated carbocycles. The zero-order chi connectivity index (χ0) is 16.5. The Labute approximate surface area is 154 Å². The first-order chi connectivity index (χ1) is 11.1. The maximum atomic E-state index is 13.4. The molecular weight excluding hydrogens is 395 g/mol. The minimum Gasteiger partial charge on any atom is -0.362 e. The third kappa shape index (κ3) is 6.89. The maximum Gasteiger partial charge on any atom is 0.170 e. The molecule has 2 nitrogen and oxygen atoms in total. The molecule has 2 N–H and O–H groups in total. The summed E-state index contributed by atoms with van der Waals surface area (Å²) in [5, 5.41) is 6.93. The lowest BCUT2D eigenvalue weighted by Crippen LogP contribution is -2.29. The number of anilines is 1. The molecule has 0 atom stereocenters. The summed E-state index contributed by atoms with van der Waals surface area (Å²) in [6.07, 6.45) is 0.973. The van der Waals surface area contributed by atoms with Gasteiger partial charge in [0.1, 0.15) is 5.82 Å². The van der Waals surface area contributed by atoms with Crippen molar-refractivity contribution in [2.75, 3.05) is 17.6 Å². The fourth-order valence-corrected chi connectivity index (χ4v) is 3.31. The van der Waals surface area contributed by atoms with Crippen LogP contribution < -0.4 is 10.6 Å². The van der Waals surface area contributed by atoms with E-state index in [0.29, 0.717) is 10.9 Å². The van der Waals surface area contributed by atoms with E-state index in [-0.39, 0.29) is 5.82 Å². The van der Waals surface area contributed by atoms with Gasteiger partial charge < -0.3 is 10.6 Å². The van der Waals surface area contributed by atoms with Crippen molar-refractivity contribution >= 4 is 50.7 Å². The average Bonchev–Trinajstić information content (AvgIpc) is 2.54. The third-order valence-corrected chi connectivity index (χ3v) is 4.94. The van der Waals surface area contributed by atoms with Crippen molar-refractivity contribution in [1.82, 2.24) is 5.32 Å². The Hall–Kier alpha value is -1.11. The van der Waals surface area contributed by atoms with Crippen molar-refractivity contribution in [2.24, 2.45) is 0 Å². The Balaban J connectivity index is 1.57. The number of rotatable bonds is 7. The topological polar surface area (TPSA) is 24.1 Å². The van der Waals surface area contributed by atoms with Crippen molar-refractivity contribution in [2.45, 2.75) is 12.2 Å². The highest BCUT2D eigenvalue weighted by Crippen LogP contribution is 2.16. The molecule has 2 rings (SSSR count). The summed E-state index contributed by atoms with van der Waals surface area (Å²) >= 11 is 10.4. The van der Waals surface area contributed by atoms with Crippen molar-refractivity contribution in [1.29, 1.82) is 0 Å². The summed E-state index contributed by atoms with van der Waals surface area (Å²) in [6, 6.07) is 14.8. The summed E-state index contributed by atoms with van der Waals surface area (Å²) in [6.45, 7) is 0.798. The molecule has 2 aromatic rings. The zero-order valence-corrected chi connectivity index (χ0v) is 15.7. The summed E-state index contributed by atoms with van der Waals surface area (Å²) in [4.78, 5) is 0. The van der Waals surface area contributed by atoms with Gasteiger partial charge in [0.15, 0.2) is 5.11 Å². The quantitative estimate of drug-likeness (QED) is 0.482. The van der Waals surface area contributed by atoms with E-state index in [1.165, 1.54) is 6.07 Å². The van der Waals surface area contributed by atoms with Crippen LogP contribution in [0, 0.1) is 5.82 Å². The van der Waals surface area contributed by atoms with Crippen LogP contribution in [0.3, 0.4) is 0 Å². The number of thioether (sulfide) groups is 1. The van der Waals surface area contributed by atoms with Gasteiger partial charge >= 0.3 is 0 Å². The molecular formula is C17H18BrFN2S2. The van der Waals surface area contributed by atoms with Crippen LogP contribution in [-0.2, 0) is 5.75 Å². The molecule has 23 heavy (non-hydrogen) atoms. The first-order valence-electron chi connectivity index (χ1n) is 7.27. The molecule has 2 aromatic carbocycles. The Bertz CT molecular complexity index is 635. The van der Waals surface area contributed by atoms with E-state index in [1.807, 2.05) is 36.4 Å². The van der Waals surface area contributed by atoms with Crippen LogP contribution in [0.25, 0.3) is 0 Å². The molecule has 0 heterocycles. The Morgan fingerprint density at radius 2 is 1.87 bits per heavy atom. The van der Waals surface area contributed by atoms with Gasteiger partial charge in [-0.05, 0) is 60.3 Å². The van der Waals surface area contributed by atoms with Crippen LogP contribution in [0.5, 0.6) is 0 Å². The molecule has 0 spiro atoms. The van der Waals surface area contributed by atoms with Crippen molar-refractivity contribution in [3.05, 3.63) is 64.4 Å².